The van der Waals surface area contributed by atoms with Gasteiger partial charge in [-0.1, -0.05) is 18.2 Å². The number of aromatic hydroxyl groups is 1. The van der Waals surface area contributed by atoms with Crippen LogP contribution >= 0.6 is 11.5 Å². The summed E-state index contributed by atoms with van der Waals surface area (Å²) in [6.07, 6.45) is 1.93. The van der Waals surface area contributed by atoms with Gasteiger partial charge in [-0.25, -0.2) is 0 Å². The Morgan fingerprint density at radius 3 is 2.73 bits per heavy atom. The van der Waals surface area contributed by atoms with Crippen LogP contribution in [0.1, 0.15) is 23.2 Å². The fraction of sp³-hybridized carbons (Fsp3) is 0.364. The van der Waals surface area contributed by atoms with Gasteiger partial charge in [0.05, 0.1) is 16.0 Å². The first-order valence-corrected chi connectivity index (χ1v) is 11.1. The Labute approximate surface area is 180 Å². The normalized spacial score (nSPS) is 14.9. The lowest BCUT2D eigenvalue weighted by molar-refractivity contribution is 0.0953. The summed E-state index contributed by atoms with van der Waals surface area (Å²) in [7, 11) is 0. The number of piperazine rings is 1. The largest absolute Gasteiger partial charge is 0.506 e. The highest BCUT2D eigenvalue weighted by atomic mass is 32.1. The molecule has 1 aliphatic rings. The van der Waals surface area contributed by atoms with Crippen molar-refractivity contribution in [2.75, 3.05) is 49.9 Å². The highest BCUT2D eigenvalue weighted by Gasteiger charge is 2.20. The van der Waals surface area contributed by atoms with E-state index in [2.05, 4.69) is 43.8 Å². The van der Waals surface area contributed by atoms with Gasteiger partial charge >= 0.3 is 0 Å². The second-order valence-electron chi connectivity index (χ2n) is 7.53. The van der Waals surface area contributed by atoms with E-state index in [-0.39, 0.29) is 17.3 Å². The summed E-state index contributed by atoms with van der Waals surface area (Å²) < 4.78 is 5.91. The van der Waals surface area contributed by atoms with Gasteiger partial charge in [-0.15, -0.1) is 0 Å². The highest BCUT2D eigenvalue weighted by molar-refractivity contribution is 7.13. The van der Waals surface area contributed by atoms with Crippen LogP contribution in [-0.2, 0) is 0 Å². The first-order chi connectivity index (χ1) is 14.6. The van der Waals surface area contributed by atoms with Gasteiger partial charge in [-0.3, -0.25) is 9.69 Å². The highest BCUT2D eigenvalue weighted by Crippen LogP contribution is 2.29. The summed E-state index contributed by atoms with van der Waals surface area (Å²) >= 11 is 1.57. The van der Waals surface area contributed by atoms with E-state index in [1.54, 1.807) is 23.7 Å². The molecule has 0 unspecified atom stereocenters. The number of nitrogens with two attached hydrogens (primary N) is 1. The van der Waals surface area contributed by atoms with Gasteiger partial charge in [-0.05, 0) is 55.2 Å². The van der Waals surface area contributed by atoms with Crippen molar-refractivity contribution in [2.45, 2.75) is 12.8 Å². The maximum atomic E-state index is 12.2. The van der Waals surface area contributed by atoms with Crippen molar-refractivity contribution in [1.82, 2.24) is 14.6 Å². The summed E-state index contributed by atoms with van der Waals surface area (Å²) in [6.45, 7) is 5.65. The zero-order chi connectivity index (χ0) is 20.9. The lowest BCUT2D eigenvalue weighted by atomic mass is 10.1. The number of carbonyl (C=O) groups is 1. The van der Waals surface area contributed by atoms with Crippen LogP contribution in [-0.4, -0.2) is 59.6 Å². The third kappa shape index (κ3) is 4.49. The second-order valence-corrected chi connectivity index (χ2v) is 8.34. The lowest BCUT2D eigenvalue weighted by Gasteiger charge is -2.35. The summed E-state index contributed by atoms with van der Waals surface area (Å²) in [6, 6.07) is 13.1. The number of phenolic OH excluding ortho intramolecular Hbond substituents is 1. The molecule has 2 heterocycles. The number of nitrogens with one attached hydrogen (secondary N) is 1. The molecule has 0 aliphatic carbocycles. The number of benzene rings is 2. The number of para-hydroxylation sites is 1. The number of amides is 1. The standard InChI is InChI=1S/C22H27N5O2S/c23-20-17(7-5-8-18(20)28)22(29)24-10-3-4-11-26-12-14-27(15-13-26)21-16-6-1-2-9-19(16)30-25-21/h1-2,5-9,28H,3-4,10-15,23H2,(H,24,29). The van der Waals surface area contributed by atoms with Crippen LogP contribution in [0, 0.1) is 0 Å². The molecule has 1 saturated heterocycles. The lowest BCUT2D eigenvalue weighted by Crippen LogP contribution is -2.46. The Morgan fingerprint density at radius 2 is 1.90 bits per heavy atom. The van der Waals surface area contributed by atoms with Crippen LogP contribution in [0.15, 0.2) is 42.5 Å². The molecule has 0 atom stereocenters. The number of rotatable bonds is 7. The number of unbranched alkanes of at least 4 members (excludes halogenated alkanes) is 1. The van der Waals surface area contributed by atoms with E-state index in [4.69, 9.17) is 5.73 Å². The molecular weight excluding hydrogens is 398 g/mol. The maximum absolute atomic E-state index is 12.2. The van der Waals surface area contributed by atoms with Gasteiger partial charge < -0.3 is 21.1 Å². The molecule has 1 aromatic heterocycles. The Hall–Kier alpha value is -2.84. The van der Waals surface area contributed by atoms with Gasteiger partial charge in [0.2, 0.25) is 0 Å². The van der Waals surface area contributed by atoms with Crippen molar-refractivity contribution in [2.24, 2.45) is 0 Å². The van der Waals surface area contributed by atoms with Crippen molar-refractivity contribution in [3.8, 4) is 5.75 Å². The van der Waals surface area contributed by atoms with Crippen LogP contribution in [0.25, 0.3) is 10.1 Å². The Morgan fingerprint density at radius 1 is 1.10 bits per heavy atom. The molecule has 0 saturated carbocycles. The average Bonchev–Trinajstić information content (AvgIpc) is 3.20. The number of hydrogen-bond acceptors (Lipinski definition) is 7. The van der Waals surface area contributed by atoms with E-state index in [9.17, 15) is 9.90 Å². The summed E-state index contributed by atoms with van der Waals surface area (Å²) in [4.78, 5) is 17.1. The minimum atomic E-state index is -0.243. The van der Waals surface area contributed by atoms with Gasteiger partial charge in [0.15, 0.2) is 0 Å². The molecule has 30 heavy (non-hydrogen) atoms. The molecule has 0 radical (unpaired) electrons. The van der Waals surface area contributed by atoms with E-state index in [0.29, 0.717) is 12.1 Å². The van der Waals surface area contributed by atoms with Crippen molar-refractivity contribution in [3.63, 3.8) is 0 Å². The van der Waals surface area contributed by atoms with Crippen molar-refractivity contribution < 1.29 is 9.90 Å². The third-order valence-electron chi connectivity index (χ3n) is 5.54. The molecule has 8 heteroatoms. The van der Waals surface area contributed by atoms with E-state index in [1.807, 2.05) is 0 Å². The van der Waals surface area contributed by atoms with Crippen LogP contribution in [0.3, 0.4) is 0 Å². The quantitative estimate of drug-likeness (QED) is 0.306. The summed E-state index contributed by atoms with van der Waals surface area (Å²) in [5.41, 5.74) is 6.21. The molecule has 0 bridgehead atoms. The van der Waals surface area contributed by atoms with Crippen LogP contribution in [0.4, 0.5) is 11.5 Å². The molecule has 7 nitrogen and oxygen atoms in total. The molecule has 2 aromatic carbocycles. The molecule has 0 spiro atoms. The Balaban J connectivity index is 1.17. The molecule has 4 N–H and O–H groups in total. The van der Waals surface area contributed by atoms with Crippen molar-refractivity contribution >= 4 is 39.0 Å². The fourth-order valence-electron chi connectivity index (χ4n) is 3.79. The number of fused-ring (bicyclic) bond motifs is 1. The monoisotopic (exact) mass is 425 g/mol. The Kier molecular flexibility index (Phi) is 6.35. The van der Waals surface area contributed by atoms with Gasteiger partial charge in [-0.2, -0.15) is 4.37 Å². The molecular formula is C22H27N5O2S. The van der Waals surface area contributed by atoms with Gasteiger partial charge in [0.25, 0.3) is 5.91 Å². The van der Waals surface area contributed by atoms with E-state index < -0.39 is 0 Å². The zero-order valence-corrected chi connectivity index (χ0v) is 17.7. The summed E-state index contributed by atoms with van der Waals surface area (Å²) in [5, 5.41) is 13.7. The number of phenols is 1. The first-order valence-electron chi connectivity index (χ1n) is 10.3. The molecule has 1 fully saturated rings. The van der Waals surface area contributed by atoms with Gasteiger partial charge in [0, 0.05) is 38.1 Å². The maximum Gasteiger partial charge on any atom is 0.253 e. The van der Waals surface area contributed by atoms with Crippen molar-refractivity contribution in [3.05, 3.63) is 48.0 Å². The number of nitrogen functional groups attached to an aromatic ring is 1. The van der Waals surface area contributed by atoms with Crippen LogP contribution in [0.2, 0.25) is 0 Å². The number of carbonyl (C=O) groups excluding carboxylic acids is 1. The average molecular weight is 426 g/mol. The van der Waals surface area contributed by atoms with Crippen LogP contribution < -0.4 is 16.0 Å². The minimum absolute atomic E-state index is 0.0626. The number of nitrogens with zero attached hydrogens (tertiary/aromatic N) is 3. The Bertz CT molecular complexity index is 1010. The SMILES string of the molecule is Nc1c(O)cccc1C(=O)NCCCCN1CCN(c2nsc3ccccc23)CC1. The predicted octanol–water partition coefficient (Wildman–Crippen LogP) is 2.92. The summed E-state index contributed by atoms with van der Waals surface area (Å²) in [5.74, 6) is 0.809. The molecule has 3 aromatic rings. The van der Waals surface area contributed by atoms with E-state index in [0.717, 1.165) is 51.4 Å². The molecule has 158 valence electrons. The van der Waals surface area contributed by atoms with E-state index in [1.165, 1.54) is 16.2 Å². The molecule has 1 aliphatic heterocycles. The van der Waals surface area contributed by atoms with Crippen LogP contribution in [0.5, 0.6) is 5.75 Å². The molecule has 4 rings (SSSR count). The molecule has 1 amide bonds. The smallest absolute Gasteiger partial charge is 0.253 e. The second kappa shape index (κ2) is 9.32. The minimum Gasteiger partial charge on any atom is -0.506 e. The number of aromatic nitrogens is 1. The third-order valence-corrected chi connectivity index (χ3v) is 6.36. The predicted molar refractivity (Wildman–Crippen MR) is 122 cm³/mol. The van der Waals surface area contributed by atoms with Crippen molar-refractivity contribution in [1.29, 1.82) is 0 Å². The number of anilines is 2. The fourth-order valence-corrected chi connectivity index (χ4v) is 4.59. The van der Waals surface area contributed by atoms with E-state index >= 15 is 0 Å². The first kappa shape index (κ1) is 20.4. The number of hydrogen-bond donors (Lipinski definition) is 3. The zero-order valence-electron chi connectivity index (χ0n) is 16.9. The topological polar surface area (TPSA) is 94.7 Å². The van der Waals surface area contributed by atoms with Gasteiger partial charge in [0.1, 0.15) is 11.6 Å².